The van der Waals surface area contributed by atoms with Crippen molar-refractivity contribution in [2.24, 2.45) is 7.05 Å². The molecule has 0 N–H and O–H groups in total. The largest absolute Gasteiger partial charge is 0.270 e. The fourth-order valence-electron chi connectivity index (χ4n) is 2.15. The predicted molar refractivity (Wildman–Crippen MR) is 73.2 cm³/mol. The van der Waals surface area contributed by atoms with Crippen LogP contribution in [-0.4, -0.2) is 0 Å². The number of hydrogen-bond acceptors (Lipinski definition) is 1. The molecule has 3 aromatic rings. The first kappa shape index (κ1) is 10.5. The van der Waals surface area contributed by atoms with Gasteiger partial charge in [-0.15, -0.1) is 0 Å². The molecule has 0 aliphatic heterocycles. The number of nitrogens with zero attached hydrogens (tertiary/aromatic N) is 1. The summed E-state index contributed by atoms with van der Waals surface area (Å²) >= 11 is 1.85. The van der Waals surface area contributed by atoms with E-state index in [-0.39, 0.29) is 0 Å². The van der Waals surface area contributed by atoms with E-state index in [0.29, 0.717) is 0 Å². The number of aromatic nitrogens is 1. The SMILES string of the molecule is Cc1ccccc1-c1sc2ccccc2[n+]1C. The average molecular weight is 240 g/mol. The van der Waals surface area contributed by atoms with Crippen LogP contribution in [0.3, 0.4) is 0 Å². The number of aryl methyl sites for hydroxylation is 2. The third kappa shape index (κ3) is 1.65. The van der Waals surface area contributed by atoms with Crippen LogP contribution in [0.2, 0.25) is 0 Å². The lowest BCUT2D eigenvalue weighted by Gasteiger charge is -1.98. The number of fused-ring (bicyclic) bond motifs is 1. The van der Waals surface area contributed by atoms with Crippen molar-refractivity contribution in [2.45, 2.75) is 6.92 Å². The monoisotopic (exact) mass is 240 g/mol. The van der Waals surface area contributed by atoms with Crippen molar-refractivity contribution >= 4 is 21.6 Å². The van der Waals surface area contributed by atoms with Gasteiger partial charge in [0.15, 0.2) is 0 Å². The van der Waals surface area contributed by atoms with Crippen molar-refractivity contribution in [1.82, 2.24) is 0 Å². The lowest BCUT2D eigenvalue weighted by molar-refractivity contribution is -0.629. The van der Waals surface area contributed by atoms with Gasteiger partial charge in [-0.3, -0.25) is 0 Å². The molecule has 0 saturated carbocycles. The van der Waals surface area contributed by atoms with E-state index in [9.17, 15) is 0 Å². The molecular weight excluding hydrogens is 226 g/mol. The fourth-order valence-corrected chi connectivity index (χ4v) is 3.39. The first-order chi connectivity index (χ1) is 8.27. The molecule has 0 radical (unpaired) electrons. The van der Waals surface area contributed by atoms with Crippen LogP contribution in [-0.2, 0) is 7.05 Å². The minimum absolute atomic E-state index is 1.30. The quantitative estimate of drug-likeness (QED) is 0.571. The first-order valence-corrected chi connectivity index (χ1v) is 6.52. The van der Waals surface area contributed by atoms with Gasteiger partial charge in [0.1, 0.15) is 11.7 Å². The van der Waals surface area contributed by atoms with Gasteiger partial charge in [0, 0.05) is 6.07 Å². The van der Waals surface area contributed by atoms with Crippen molar-refractivity contribution < 1.29 is 4.57 Å². The van der Waals surface area contributed by atoms with Gasteiger partial charge >= 0.3 is 0 Å². The third-order valence-electron chi connectivity index (χ3n) is 3.11. The molecule has 3 rings (SSSR count). The summed E-state index contributed by atoms with van der Waals surface area (Å²) in [6, 6.07) is 17.1. The molecular formula is C15H14NS+. The van der Waals surface area contributed by atoms with Crippen LogP contribution < -0.4 is 4.57 Å². The molecule has 0 saturated heterocycles. The zero-order valence-corrected chi connectivity index (χ0v) is 10.8. The van der Waals surface area contributed by atoms with Gasteiger partial charge in [0.05, 0.1) is 5.56 Å². The van der Waals surface area contributed by atoms with Crippen LogP contribution in [0.5, 0.6) is 0 Å². The van der Waals surface area contributed by atoms with E-state index in [1.54, 1.807) is 0 Å². The standard InChI is InChI=1S/C15H14NS/c1-11-7-3-4-8-12(11)15-16(2)13-9-5-6-10-14(13)17-15/h3-10H,1-2H3/q+1. The highest BCUT2D eigenvalue weighted by atomic mass is 32.1. The maximum absolute atomic E-state index is 2.28. The normalized spacial score (nSPS) is 10.9. The van der Waals surface area contributed by atoms with E-state index in [0.717, 1.165) is 0 Å². The molecule has 2 aromatic carbocycles. The minimum atomic E-state index is 1.30. The summed E-state index contributed by atoms with van der Waals surface area (Å²) in [6.07, 6.45) is 0. The number of hydrogen-bond donors (Lipinski definition) is 0. The van der Waals surface area contributed by atoms with Crippen LogP contribution in [0.25, 0.3) is 20.8 Å². The van der Waals surface area contributed by atoms with Crippen molar-refractivity contribution in [2.75, 3.05) is 0 Å². The van der Waals surface area contributed by atoms with Crippen LogP contribution in [0.4, 0.5) is 0 Å². The smallest absolute Gasteiger partial charge is 0.184 e. The van der Waals surface area contributed by atoms with Crippen molar-refractivity contribution in [1.29, 1.82) is 0 Å². The highest BCUT2D eigenvalue weighted by molar-refractivity contribution is 7.21. The maximum Gasteiger partial charge on any atom is 0.270 e. The van der Waals surface area contributed by atoms with E-state index in [2.05, 4.69) is 67.1 Å². The highest BCUT2D eigenvalue weighted by Crippen LogP contribution is 2.29. The van der Waals surface area contributed by atoms with E-state index < -0.39 is 0 Å². The summed E-state index contributed by atoms with van der Waals surface area (Å²) in [5, 5.41) is 1.32. The van der Waals surface area contributed by atoms with Gasteiger partial charge in [0.2, 0.25) is 5.52 Å². The van der Waals surface area contributed by atoms with Crippen LogP contribution in [0.15, 0.2) is 48.5 Å². The second-order valence-electron chi connectivity index (χ2n) is 4.25. The Kier molecular flexibility index (Phi) is 2.45. The molecule has 17 heavy (non-hydrogen) atoms. The molecule has 0 fully saturated rings. The van der Waals surface area contributed by atoms with Gasteiger partial charge < -0.3 is 0 Å². The molecule has 0 bridgehead atoms. The van der Waals surface area contributed by atoms with E-state index in [1.807, 2.05) is 11.3 Å². The molecule has 0 aliphatic rings. The molecule has 1 nitrogen and oxygen atoms in total. The Labute approximate surface area is 105 Å². The Bertz CT molecular complexity index is 682. The number of thiazole rings is 1. The fraction of sp³-hybridized carbons (Fsp3) is 0.133. The molecule has 0 unspecified atom stereocenters. The van der Waals surface area contributed by atoms with E-state index >= 15 is 0 Å². The van der Waals surface area contributed by atoms with Crippen LogP contribution in [0.1, 0.15) is 5.56 Å². The molecule has 0 aliphatic carbocycles. The lowest BCUT2D eigenvalue weighted by Crippen LogP contribution is -2.28. The predicted octanol–water partition coefficient (Wildman–Crippen LogP) is 3.70. The summed E-state index contributed by atoms with van der Waals surface area (Å²) in [4.78, 5) is 0. The number of benzene rings is 2. The Morgan fingerprint density at radius 3 is 2.41 bits per heavy atom. The zero-order valence-electron chi connectivity index (χ0n) is 9.97. The highest BCUT2D eigenvalue weighted by Gasteiger charge is 2.18. The molecule has 0 atom stereocenters. The second kappa shape index (κ2) is 3.97. The van der Waals surface area contributed by atoms with Crippen LogP contribution in [0, 0.1) is 6.92 Å². The van der Waals surface area contributed by atoms with Gasteiger partial charge in [-0.1, -0.05) is 41.7 Å². The maximum atomic E-state index is 2.28. The average Bonchev–Trinajstić information content (AvgIpc) is 2.68. The molecule has 2 heteroatoms. The molecule has 0 amide bonds. The summed E-state index contributed by atoms with van der Waals surface area (Å²) in [5.74, 6) is 0. The summed E-state index contributed by atoms with van der Waals surface area (Å²) in [6.45, 7) is 2.17. The first-order valence-electron chi connectivity index (χ1n) is 5.71. The summed E-state index contributed by atoms with van der Waals surface area (Å²) in [7, 11) is 2.14. The van der Waals surface area contributed by atoms with Gasteiger partial charge in [-0.2, -0.15) is 4.57 Å². The Hall–Kier alpha value is -1.67. The summed E-state index contributed by atoms with van der Waals surface area (Å²) < 4.78 is 3.62. The Balaban J connectivity index is 2.32. The van der Waals surface area contributed by atoms with Crippen molar-refractivity contribution in [3.63, 3.8) is 0 Å². The van der Waals surface area contributed by atoms with Gasteiger partial charge in [0.25, 0.3) is 5.01 Å². The van der Waals surface area contributed by atoms with E-state index in [1.165, 1.54) is 26.4 Å². The van der Waals surface area contributed by atoms with Crippen LogP contribution >= 0.6 is 11.3 Å². The molecule has 1 heterocycles. The van der Waals surface area contributed by atoms with Gasteiger partial charge in [-0.05, 0) is 24.6 Å². The molecule has 84 valence electrons. The second-order valence-corrected chi connectivity index (χ2v) is 5.28. The number of rotatable bonds is 1. The Morgan fingerprint density at radius 2 is 1.65 bits per heavy atom. The zero-order chi connectivity index (χ0) is 11.8. The molecule has 1 aromatic heterocycles. The lowest BCUT2D eigenvalue weighted by atomic mass is 10.1. The van der Waals surface area contributed by atoms with Gasteiger partial charge in [-0.25, -0.2) is 0 Å². The number of para-hydroxylation sites is 1. The third-order valence-corrected chi connectivity index (χ3v) is 4.37. The van der Waals surface area contributed by atoms with Crippen molar-refractivity contribution in [3.05, 3.63) is 54.1 Å². The Morgan fingerprint density at radius 1 is 0.941 bits per heavy atom. The van der Waals surface area contributed by atoms with Crippen molar-refractivity contribution in [3.8, 4) is 10.6 Å². The molecule has 0 spiro atoms. The topological polar surface area (TPSA) is 3.88 Å². The van der Waals surface area contributed by atoms with E-state index in [4.69, 9.17) is 0 Å². The summed E-state index contributed by atoms with van der Waals surface area (Å²) in [5.41, 5.74) is 3.96. The minimum Gasteiger partial charge on any atom is -0.184 e.